The molecular formula is C10H11NO2S. The lowest BCUT2D eigenvalue weighted by Crippen LogP contribution is -2.06. The predicted molar refractivity (Wildman–Crippen MR) is 55.2 cm³/mol. The Balaban J connectivity index is 2.81. The second kappa shape index (κ2) is 2.93. The largest absolute Gasteiger partial charge is 0.326 e. The lowest BCUT2D eigenvalue weighted by Gasteiger charge is -2.05. The number of nitrogens with two attached hydrogens (primary N) is 1. The average Bonchev–Trinajstić information content (AvgIpc) is 2.38. The molecule has 0 atom stereocenters. The fourth-order valence-corrected chi connectivity index (χ4v) is 3.20. The summed E-state index contributed by atoms with van der Waals surface area (Å²) in [7, 11) is -3.25. The second-order valence-corrected chi connectivity index (χ2v) is 5.36. The van der Waals surface area contributed by atoms with Gasteiger partial charge in [-0.1, -0.05) is 18.2 Å². The molecule has 0 amide bonds. The Morgan fingerprint density at radius 3 is 2.71 bits per heavy atom. The SMILES string of the molecule is CC1=Cc2cccc(CN)c2S1(=O)=O. The van der Waals surface area contributed by atoms with Crippen LogP contribution in [0.5, 0.6) is 0 Å². The van der Waals surface area contributed by atoms with Crippen molar-refractivity contribution < 1.29 is 8.42 Å². The zero-order valence-corrected chi connectivity index (χ0v) is 8.64. The van der Waals surface area contributed by atoms with Crippen LogP contribution in [0.1, 0.15) is 18.1 Å². The minimum absolute atomic E-state index is 0.253. The van der Waals surface area contributed by atoms with Gasteiger partial charge < -0.3 is 5.73 Å². The first-order chi connectivity index (χ1) is 6.57. The zero-order valence-electron chi connectivity index (χ0n) is 7.82. The number of hydrogen-bond donors (Lipinski definition) is 1. The smallest absolute Gasteiger partial charge is 0.203 e. The molecular weight excluding hydrogens is 198 g/mol. The maximum Gasteiger partial charge on any atom is 0.203 e. The molecule has 0 aliphatic carbocycles. The molecule has 14 heavy (non-hydrogen) atoms. The van der Waals surface area contributed by atoms with E-state index in [0.29, 0.717) is 15.4 Å². The van der Waals surface area contributed by atoms with Gasteiger partial charge in [0.2, 0.25) is 9.84 Å². The standard InChI is InChI=1S/C10H11NO2S/c1-7-5-8-3-2-4-9(6-11)10(8)14(7,12)13/h2-5H,6,11H2,1H3. The molecule has 2 rings (SSSR count). The Morgan fingerprint density at radius 1 is 1.36 bits per heavy atom. The lowest BCUT2D eigenvalue weighted by molar-refractivity contribution is 0.602. The Morgan fingerprint density at radius 2 is 2.07 bits per heavy atom. The summed E-state index contributed by atoms with van der Waals surface area (Å²) in [5.74, 6) is 0. The Hall–Kier alpha value is -1.13. The molecule has 0 aromatic heterocycles. The van der Waals surface area contributed by atoms with Crippen LogP contribution in [-0.2, 0) is 16.4 Å². The molecule has 0 unspecified atom stereocenters. The highest BCUT2D eigenvalue weighted by atomic mass is 32.2. The van der Waals surface area contributed by atoms with E-state index in [9.17, 15) is 8.42 Å². The molecule has 3 nitrogen and oxygen atoms in total. The summed E-state index contributed by atoms with van der Waals surface area (Å²) < 4.78 is 23.7. The highest BCUT2D eigenvalue weighted by Crippen LogP contribution is 2.34. The Labute approximate surface area is 83.2 Å². The van der Waals surface area contributed by atoms with E-state index >= 15 is 0 Å². The zero-order chi connectivity index (χ0) is 10.3. The van der Waals surface area contributed by atoms with Gasteiger partial charge in [0.25, 0.3) is 0 Å². The van der Waals surface area contributed by atoms with Crippen LogP contribution in [0.3, 0.4) is 0 Å². The van der Waals surface area contributed by atoms with Crippen LogP contribution in [0.25, 0.3) is 6.08 Å². The topological polar surface area (TPSA) is 60.2 Å². The molecule has 0 bridgehead atoms. The summed E-state index contributed by atoms with van der Waals surface area (Å²) in [5.41, 5.74) is 6.95. The molecule has 1 aliphatic rings. The first-order valence-electron chi connectivity index (χ1n) is 4.32. The van der Waals surface area contributed by atoms with E-state index in [1.54, 1.807) is 25.1 Å². The number of rotatable bonds is 1. The van der Waals surface area contributed by atoms with Gasteiger partial charge >= 0.3 is 0 Å². The Bertz CT molecular complexity index is 515. The second-order valence-electron chi connectivity index (χ2n) is 3.30. The van der Waals surface area contributed by atoms with Gasteiger partial charge in [0, 0.05) is 11.4 Å². The molecule has 4 heteroatoms. The van der Waals surface area contributed by atoms with Crippen LogP contribution in [0, 0.1) is 0 Å². The third-order valence-electron chi connectivity index (χ3n) is 2.40. The van der Waals surface area contributed by atoms with Crippen molar-refractivity contribution in [2.45, 2.75) is 18.4 Å². The van der Waals surface area contributed by atoms with Crippen molar-refractivity contribution in [1.29, 1.82) is 0 Å². The van der Waals surface area contributed by atoms with Crippen LogP contribution in [0.15, 0.2) is 28.0 Å². The highest BCUT2D eigenvalue weighted by molar-refractivity contribution is 7.95. The fraction of sp³-hybridized carbons (Fsp3) is 0.200. The molecule has 1 aromatic carbocycles. The van der Waals surface area contributed by atoms with Crippen molar-refractivity contribution in [3.05, 3.63) is 34.2 Å². The van der Waals surface area contributed by atoms with Crippen LogP contribution < -0.4 is 5.73 Å². The van der Waals surface area contributed by atoms with Crippen LogP contribution in [0.2, 0.25) is 0 Å². The molecule has 2 N–H and O–H groups in total. The third-order valence-corrected chi connectivity index (χ3v) is 4.40. The van der Waals surface area contributed by atoms with E-state index in [2.05, 4.69) is 0 Å². The molecule has 1 aliphatic heterocycles. The van der Waals surface area contributed by atoms with Gasteiger partial charge in [0.1, 0.15) is 0 Å². The van der Waals surface area contributed by atoms with E-state index < -0.39 is 9.84 Å². The van der Waals surface area contributed by atoms with Crippen molar-refractivity contribution in [1.82, 2.24) is 0 Å². The number of benzene rings is 1. The van der Waals surface area contributed by atoms with E-state index in [4.69, 9.17) is 5.73 Å². The fourth-order valence-electron chi connectivity index (χ4n) is 1.66. The Kier molecular flexibility index (Phi) is 1.97. The van der Waals surface area contributed by atoms with E-state index in [1.807, 2.05) is 6.07 Å². The van der Waals surface area contributed by atoms with Gasteiger partial charge in [-0.05, 0) is 24.1 Å². The molecule has 0 saturated carbocycles. The maximum absolute atomic E-state index is 11.8. The summed E-state index contributed by atoms with van der Waals surface area (Å²) in [6.07, 6.45) is 1.68. The van der Waals surface area contributed by atoms with Gasteiger partial charge in [-0.25, -0.2) is 8.42 Å². The predicted octanol–water partition coefficient (Wildman–Crippen LogP) is 1.29. The summed E-state index contributed by atoms with van der Waals surface area (Å²) >= 11 is 0. The summed E-state index contributed by atoms with van der Waals surface area (Å²) in [5, 5.41) is 0. The summed E-state index contributed by atoms with van der Waals surface area (Å²) in [4.78, 5) is 0.786. The molecule has 1 aromatic rings. The molecule has 0 radical (unpaired) electrons. The molecule has 0 saturated heterocycles. The van der Waals surface area contributed by atoms with Gasteiger partial charge in [-0.2, -0.15) is 0 Å². The molecule has 0 spiro atoms. The monoisotopic (exact) mass is 209 g/mol. The van der Waals surface area contributed by atoms with E-state index in [1.165, 1.54) is 0 Å². The van der Waals surface area contributed by atoms with Crippen molar-refractivity contribution in [3.8, 4) is 0 Å². The molecule has 1 heterocycles. The van der Waals surface area contributed by atoms with Gasteiger partial charge in [0.05, 0.1) is 4.90 Å². The van der Waals surface area contributed by atoms with Crippen LogP contribution in [0.4, 0.5) is 0 Å². The summed E-state index contributed by atoms with van der Waals surface area (Å²) in [6, 6.07) is 5.37. The van der Waals surface area contributed by atoms with Crippen molar-refractivity contribution >= 4 is 15.9 Å². The van der Waals surface area contributed by atoms with Crippen molar-refractivity contribution in [2.75, 3.05) is 0 Å². The average molecular weight is 209 g/mol. The number of sulfone groups is 1. The summed E-state index contributed by atoms with van der Waals surface area (Å²) in [6.45, 7) is 1.86. The van der Waals surface area contributed by atoms with Gasteiger partial charge in [0.15, 0.2) is 0 Å². The van der Waals surface area contributed by atoms with Crippen molar-refractivity contribution in [3.63, 3.8) is 0 Å². The first-order valence-corrected chi connectivity index (χ1v) is 5.81. The number of fused-ring (bicyclic) bond motifs is 1. The van der Waals surface area contributed by atoms with Crippen LogP contribution >= 0.6 is 0 Å². The van der Waals surface area contributed by atoms with Gasteiger partial charge in [-0.3, -0.25) is 0 Å². The van der Waals surface area contributed by atoms with E-state index in [-0.39, 0.29) is 6.54 Å². The maximum atomic E-state index is 11.8. The molecule has 0 fully saturated rings. The highest BCUT2D eigenvalue weighted by Gasteiger charge is 2.28. The number of hydrogen-bond acceptors (Lipinski definition) is 3. The minimum atomic E-state index is -3.25. The lowest BCUT2D eigenvalue weighted by atomic mass is 10.1. The first kappa shape index (κ1) is 9.43. The van der Waals surface area contributed by atoms with Crippen LogP contribution in [-0.4, -0.2) is 8.42 Å². The minimum Gasteiger partial charge on any atom is -0.326 e. The van der Waals surface area contributed by atoms with Crippen molar-refractivity contribution in [2.24, 2.45) is 5.73 Å². The quantitative estimate of drug-likeness (QED) is 0.758. The third kappa shape index (κ3) is 1.11. The molecule has 74 valence electrons. The number of allylic oxidation sites excluding steroid dienone is 1. The van der Waals surface area contributed by atoms with E-state index in [0.717, 1.165) is 5.56 Å². The normalized spacial score (nSPS) is 17.7. The van der Waals surface area contributed by atoms with Gasteiger partial charge in [-0.15, -0.1) is 0 Å².